The topological polar surface area (TPSA) is 51.8 Å². The van der Waals surface area contributed by atoms with E-state index in [9.17, 15) is 4.79 Å². The minimum absolute atomic E-state index is 0.129. The maximum atomic E-state index is 13.9. The van der Waals surface area contributed by atoms with Crippen LogP contribution in [0.2, 0.25) is 0 Å². The number of hydrogen-bond acceptors (Lipinski definition) is 4. The zero-order valence-electron chi connectivity index (χ0n) is 18.7. The van der Waals surface area contributed by atoms with Crippen molar-refractivity contribution in [2.24, 2.45) is 5.92 Å². The van der Waals surface area contributed by atoms with Crippen molar-refractivity contribution >= 4 is 22.4 Å². The molecule has 5 heterocycles. The second kappa shape index (κ2) is 7.19. The molecule has 7 rings (SSSR count). The number of aromatic nitrogens is 1. The number of hydrogen-bond donors (Lipinski definition) is 1. The van der Waals surface area contributed by atoms with E-state index in [0.29, 0.717) is 12.1 Å². The molecule has 1 aromatic carbocycles. The van der Waals surface area contributed by atoms with Gasteiger partial charge in [-0.3, -0.25) is 14.7 Å². The SMILES string of the molecule is CC(C)N(C(=O)[C@@H]1C=C2c3cccc4[nH]cc(c34)C[C@H]2N(C)C1)N1C[C@@H]2CCC1CO2. The van der Waals surface area contributed by atoms with Gasteiger partial charge in [0.2, 0.25) is 5.91 Å². The van der Waals surface area contributed by atoms with Gasteiger partial charge in [0.15, 0.2) is 0 Å². The fourth-order valence-corrected chi connectivity index (χ4v) is 6.25. The van der Waals surface area contributed by atoms with Crippen molar-refractivity contribution < 1.29 is 9.53 Å². The quantitative estimate of drug-likeness (QED) is 0.829. The maximum Gasteiger partial charge on any atom is 0.245 e. The molecule has 1 aliphatic carbocycles. The van der Waals surface area contributed by atoms with Gasteiger partial charge >= 0.3 is 0 Å². The largest absolute Gasteiger partial charge is 0.375 e. The Hall–Kier alpha value is -2.15. The number of hydrazine groups is 1. The van der Waals surface area contributed by atoms with E-state index in [4.69, 9.17) is 4.74 Å². The van der Waals surface area contributed by atoms with Gasteiger partial charge in [-0.05, 0) is 62.9 Å². The number of piperidine rings is 1. The smallest absolute Gasteiger partial charge is 0.245 e. The third kappa shape index (κ3) is 2.99. The van der Waals surface area contributed by atoms with Gasteiger partial charge in [-0.15, -0.1) is 0 Å². The molecule has 2 aromatic rings. The Morgan fingerprint density at radius 3 is 2.84 bits per heavy atom. The first-order chi connectivity index (χ1) is 15.0. The summed E-state index contributed by atoms with van der Waals surface area (Å²) in [6.45, 7) is 6.62. The number of H-pyrrole nitrogens is 1. The fraction of sp³-hybridized carbons (Fsp3) is 0.560. The number of aromatic amines is 1. The summed E-state index contributed by atoms with van der Waals surface area (Å²) in [5.41, 5.74) is 5.18. The highest BCUT2D eigenvalue weighted by molar-refractivity contribution is 5.99. The zero-order valence-corrected chi connectivity index (χ0v) is 18.7. The molecule has 3 saturated heterocycles. The van der Waals surface area contributed by atoms with Gasteiger partial charge in [-0.2, -0.15) is 0 Å². The van der Waals surface area contributed by atoms with Crippen LogP contribution in [0.1, 0.15) is 37.8 Å². The zero-order chi connectivity index (χ0) is 21.3. The highest BCUT2D eigenvalue weighted by Gasteiger charge is 2.43. The molecule has 4 atom stereocenters. The number of nitrogens with one attached hydrogen (secondary N) is 1. The number of fused-ring (bicyclic) bond motifs is 5. The van der Waals surface area contributed by atoms with Crippen LogP contribution in [0.25, 0.3) is 16.5 Å². The van der Waals surface area contributed by atoms with Crippen LogP contribution < -0.4 is 0 Å². The van der Waals surface area contributed by atoms with Crippen LogP contribution in [0.5, 0.6) is 0 Å². The van der Waals surface area contributed by atoms with Gasteiger partial charge in [0.05, 0.1) is 24.7 Å². The minimum Gasteiger partial charge on any atom is -0.375 e. The summed E-state index contributed by atoms with van der Waals surface area (Å²) in [4.78, 5) is 19.8. The number of rotatable bonds is 3. The molecule has 4 aliphatic heterocycles. The normalized spacial score (nSPS) is 30.5. The second-order valence-electron chi connectivity index (χ2n) is 10.0. The van der Waals surface area contributed by atoms with Crippen LogP contribution in [0.15, 0.2) is 30.5 Å². The molecular formula is C25H32N4O2. The van der Waals surface area contributed by atoms with Gasteiger partial charge in [0.1, 0.15) is 0 Å². The molecule has 3 fully saturated rings. The van der Waals surface area contributed by atoms with Crippen molar-refractivity contribution in [3.05, 3.63) is 41.6 Å². The van der Waals surface area contributed by atoms with E-state index in [1.165, 1.54) is 27.6 Å². The van der Waals surface area contributed by atoms with Gasteiger partial charge in [-0.1, -0.05) is 18.2 Å². The fourth-order valence-electron chi connectivity index (χ4n) is 6.25. The first-order valence-electron chi connectivity index (χ1n) is 11.7. The minimum atomic E-state index is -0.129. The molecule has 0 saturated carbocycles. The molecule has 5 aliphatic rings. The first kappa shape index (κ1) is 19.5. The lowest BCUT2D eigenvalue weighted by molar-refractivity contribution is -0.205. The van der Waals surface area contributed by atoms with Gasteiger partial charge < -0.3 is 9.72 Å². The second-order valence-corrected chi connectivity index (χ2v) is 10.0. The Kier molecular flexibility index (Phi) is 4.53. The van der Waals surface area contributed by atoms with Crippen molar-refractivity contribution in [1.82, 2.24) is 19.9 Å². The number of ether oxygens (including phenoxy) is 1. The summed E-state index contributed by atoms with van der Waals surface area (Å²) in [5, 5.41) is 5.71. The molecular weight excluding hydrogens is 388 g/mol. The summed E-state index contributed by atoms with van der Waals surface area (Å²) >= 11 is 0. The Morgan fingerprint density at radius 2 is 2.13 bits per heavy atom. The van der Waals surface area contributed by atoms with Crippen molar-refractivity contribution in [1.29, 1.82) is 0 Å². The van der Waals surface area contributed by atoms with E-state index >= 15 is 0 Å². The summed E-state index contributed by atoms with van der Waals surface area (Å²) in [6.07, 6.45) is 7.94. The van der Waals surface area contributed by atoms with Crippen LogP contribution in [-0.4, -0.2) is 76.8 Å². The molecule has 164 valence electrons. The van der Waals surface area contributed by atoms with E-state index < -0.39 is 0 Å². The van der Waals surface area contributed by atoms with Crippen molar-refractivity contribution in [2.75, 3.05) is 26.7 Å². The third-order valence-corrected chi connectivity index (χ3v) is 7.74. The Balaban J connectivity index is 1.37. The molecule has 0 spiro atoms. The number of likely N-dealkylation sites (N-methyl/N-ethyl adjacent to an activating group) is 1. The molecule has 31 heavy (non-hydrogen) atoms. The van der Waals surface area contributed by atoms with Crippen molar-refractivity contribution in [3.63, 3.8) is 0 Å². The summed E-state index contributed by atoms with van der Waals surface area (Å²) < 4.78 is 5.91. The molecule has 1 unspecified atom stereocenters. The molecule has 1 aromatic heterocycles. The van der Waals surface area contributed by atoms with Crippen LogP contribution in [0.3, 0.4) is 0 Å². The number of morpholine rings is 1. The van der Waals surface area contributed by atoms with E-state index in [-0.39, 0.29) is 24.0 Å². The number of benzene rings is 1. The molecule has 6 heteroatoms. The number of carbonyl (C=O) groups excluding carboxylic acids is 1. The molecule has 6 nitrogen and oxygen atoms in total. The van der Waals surface area contributed by atoms with Gasteiger partial charge in [-0.25, -0.2) is 5.01 Å². The van der Waals surface area contributed by atoms with Crippen molar-refractivity contribution in [2.45, 2.75) is 57.3 Å². The van der Waals surface area contributed by atoms with E-state index in [0.717, 1.165) is 39.0 Å². The van der Waals surface area contributed by atoms with Crippen molar-refractivity contribution in [3.8, 4) is 0 Å². The van der Waals surface area contributed by atoms with Crippen LogP contribution in [-0.2, 0) is 16.0 Å². The van der Waals surface area contributed by atoms with E-state index in [1.807, 2.05) is 0 Å². The Morgan fingerprint density at radius 1 is 1.26 bits per heavy atom. The lowest BCUT2D eigenvalue weighted by atomic mass is 9.79. The first-order valence-corrected chi connectivity index (χ1v) is 11.7. The molecule has 0 radical (unpaired) electrons. The predicted octanol–water partition coefficient (Wildman–Crippen LogP) is 3.05. The highest BCUT2D eigenvalue weighted by atomic mass is 16.5. The average Bonchev–Trinajstić information content (AvgIpc) is 3.19. The molecule has 2 bridgehead atoms. The number of nitrogens with zero attached hydrogens (tertiary/aromatic N) is 3. The summed E-state index contributed by atoms with van der Waals surface area (Å²) in [6, 6.07) is 7.29. The lowest BCUT2D eigenvalue weighted by Crippen LogP contribution is -2.65. The third-order valence-electron chi connectivity index (χ3n) is 7.74. The molecule has 1 N–H and O–H groups in total. The number of carbonyl (C=O) groups is 1. The lowest BCUT2D eigenvalue weighted by Gasteiger charge is -2.51. The monoisotopic (exact) mass is 420 g/mol. The van der Waals surface area contributed by atoms with E-state index in [2.05, 4.69) is 71.3 Å². The van der Waals surface area contributed by atoms with Gasteiger partial charge in [0.25, 0.3) is 0 Å². The highest BCUT2D eigenvalue weighted by Crippen LogP contribution is 2.41. The maximum absolute atomic E-state index is 13.9. The van der Waals surface area contributed by atoms with Gasteiger partial charge in [0, 0.05) is 42.3 Å². The van der Waals surface area contributed by atoms with E-state index in [1.54, 1.807) is 0 Å². The number of amides is 1. The van der Waals surface area contributed by atoms with Crippen LogP contribution in [0.4, 0.5) is 0 Å². The Bertz CT molecular complexity index is 1050. The summed E-state index contributed by atoms with van der Waals surface area (Å²) in [5.74, 6) is 0.100. The average molecular weight is 421 g/mol. The predicted molar refractivity (Wildman–Crippen MR) is 121 cm³/mol. The molecule has 1 amide bonds. The van der Waals surface area contributed by atoms with Crippen LogP contribution >= 0.6 is 0 Å². The standard InChI is InChI=1S/C25H32N4O2/c1-15(2)29(28-13-19-8-7-18(28)14-31-19)25(30)17-9-21-20-5-4-6-22-24(20)16(11-26-22)10-23(21)27(3)12-17/h4-6,9,11,15,17-19,23,26H,7-8,10,12-14H2,1-3H3/t17-,18?,19+,23-/m1/s1. The van der Waals surface area contributed by atoms with Crippen LogP contribution in [0, 0.1) is 5.92 Å². The Labute approximate surface area is 183 Å². The summed E-state index contributed by atoms with van der Waals surface area (Å²) in [7, 11) is 2.17.